The number of hydrogen-bond donors (Lipinski definition) is 0. The van der Waals surface area contributed by atoms with E-state index < -0.39 is 30.9 Å². The molecule has 0 aromatic rings. The predicted octanol–water partition coefficient (Wildman–Crippen LogP) is 4.08. The zero-order valence-corrected chi connectivity index (χ0v) is 7.09. The Morgan fingerprint density at radius 2 is 1.20 bits per heavy atom. The maximum atomic E-state index is 12.7. The molecule has 0 heterocycles. The summed E-state index contributed by atoms with van der Waals surface area (Å²) in [5, 5.41) is 0. The van der Waals surface area contributed by atoms with Crippen molar-refractivity contribution < 1.29 is 35.1 Å². The van der Waals surface area contributed by atoms with Gasteiger partial charge >= 0.3 is 12.4 Å². The Hall–Kier alpha value is -0.820. The number of allylic oxidation sites excluding steroid dienone is 1. The van der Waals surface area contributed by atoms with Crippen LogP contribution in [0.15, 0.2) is 12.4 Å². The fourth-order valence-electron chi connectivity index (χ4n) is 0.789. The first-order valence-electron chi connectivity index (χ1n) is 3.64. The van der Waals surface area contributed by atoms with E-state index >= 15 is 0 Å². The molecule has 0 unspecified atom stereocenters. The molecule has 8 heteroatoms. The minimum Gasteiger partial charge on any atom is -0.224 e. The predicted molar refractivity (Wildman–Crippen MR) is 35.4 cm³/mol. The molecule has 0 aromatic carbocycles. The molecular weight excluding hydrogens is 236 g/mol. The summed E-state index contributed by atoms with van der Waals surface area (Å²) in [5.41, 5.74) is -5.29. The van der Waals surface area contributed by atoms with E-state index in [-0.39, 0.29) is 6.33 Å². The van der Waals surface area contributed by atoms with Gasteiger partial charge in [-0.2, -0.15) is 26.3 Å². The van der Waals surface area contributed by atoms with Crippen LogP contribution in [0.1, 0.15) is 12.8 Å². The molecule has 0 spiro atoms. The highest BCUT2D eigenvalue weighted by Gasteiger charge is 2.71. The lowest BCUT2D eigenvalue weighted by Gasteiger charge is -2.29. The maximum Gasteiger partial charge on any atom is 0.431 e. The van der Waals surface area contributed by atoms with Gasteiger partial charge in [0.2, 0.25) is 0 Å². The van der Waals surface area contributed by atoms with Gasteiger partial charge in [-0.05, 0) is 6.42 Å². The van der Waals surface area contributed by atoms with Gasteiger partial charge in [0.25, 0.3) is 5.67 Å². The molecule has 0 saturated heterocycles. The molecule has 90 valence electrons. The summed E-state index contributed by atoms with van der Waals surface area (Å²) in [6.07, 6.45) is -14.9. The molecule has 0 aliphatic rings. The normalized spacial score (nSPS) is 14.9. The van der Waals surface area contributed by atoms with E-state index in [2.05, 4.69) is 0 Å². The van der Waals surface area contributed by atoms with Gasteiger partial charge in [0.1, 0.15) is 0 Å². The summed E-state index contributed by atoms with van der Waals surface area (Å²) < 4.78 is 94.9. The van der Waals surface area contributed by atoms with Crippen molar-refractivity contribution in [1.82, 2.24) is 0 Å². The van der Waals surface area contributed by atoms with Crippen molar-refractivity contribution in [2.24, 2.45) is 0 Å². The molecule has 0 aromatic heterocycles. The van der Waals surface area contributed by atoms with Crippen LogP contribution in [0.5, 0.6) is 0 Å². The van der Waals surface area contributed by atoms with Crippen molar-refractivity contribution in [2.45, 2.75) is 30.9 Å². The highest BCUT2D eigenvalue weighted by molar-refractivity contribution is 4.96. The Morgan fingerprint density at radius 3 is 1.47 bits per heavy atom. The summed E-state index contributed by atoms with van der Waals surface area (Å²) in [4.78, 5) is 0. The highest BCUT2D eigenvalue weighted by Crippen LogP contribution is 2.48. The van der Waals surface area contributed by atoms with Gasteiger partial charge < -0.3 is 0 Å². The first-order chi connectivity index (χ1) is 6.56. The van der Waals surface area contributed by atoms with Crippen molar-refractivity contribution in [3.05, 3.63) is 12.4 Å². The molecule has 0 radical (unpaired) electrons. The minimum atomic E-state index is -6.06. The van der Waals surface area contributed by atoms with Crippen LogP contribution < -0.4 is 0 Å². The quantitative estimate of drug-likeness (QED) is 0.654. The van der Waals surface area contributed by atoms with E-state index in [4.69, 9.17) is 0 Å². The number of halogens is 8. The Morgan fingerprint density at radius 1 is 0.800 bits per heavy atom. The Kier molecular flexibility index (Phi) is 4.12. The topological polar surface area (TPSA) is 0 Å². The molecule has 0 N–H and O–H groups in total. The maximum absolute atomic E-state index is 12.7. The molecule has 0 aliphatic carbocycles. The van der Waals surface area contributed by atoms with Crippen molar-refractivity contribution in [3.8, 4) is 0 Å². The van der Waals surface area contributed by atoms with Gasteiger partial charge in [-0.3, -0.25) is 0 Å². The van der Waals surface area contributed by atoms with Crippen molar-refractivity contribution in [1.29, 1.82) is 0 Å². The highest BCUT2D eigenvalue weighted by atomic mass is 19.4. The standard InChI is InChI=1S/C7H6F8/c8-4-2-1-3-5(9,6(10,11)12)7(13,14)15/h2,4H,1,3H2. The van der Waals surface area contributed by atoms with E-state index in [1.165, 1.54) is 0 Å². The monoisotopic (exact) mass is 242 g/mol. The van der Waals surface area contributed by atoms with Crippen LogP contribution in [0.3, 0.4) is 0 Å². The second-order valence-electron chi connectivity index (χ2n) is 2.70. The molecule has 0 rings (SSSR count). The zero-order valence-electron chi connectivity index (χ0n) is 7.09. The summed E-state index contributed by atoms with van der Waals surface area (Å²) >= 11 is 0. The summed E-state index contributed by atoms with van der Waals surface area (Å²) in [7, 11) is 0. The SMILES string of the molecule is FC=CCCC(F)(C(F)(F)F)C(F)(F)F. The summed E-state index contributed by atoms with van der Waals surface area (Å²) in [6.45, 7) is 0. The zero-order chi connectivity index (χ0) is 12.3. The molecule has 0 fully saturated rings. The van der Waals surface area contributed by atoms with Crippen LogP contribution in [0, 0.1) is 0 Å². The lowest BCUT2D eigenvalue weighted by Crippen LogP contribution is -2.53. The Balaban J connectivity index is 4.89. The lowest BCUT2D eigenvalue weighted by molar-refractivity contribution is -0.342. The summed E-state index contributed by atoms with van der Waals surface area (Å²) in [6, 6.07) is 0. The van der Waals surface area contributed by atoms with Crippen LogP contribution in [0.2, 0.25) is 0 Å². The largest absolute Gasteiger partial charge is 0.431 e. The molecule has 0 nitrogen and oxygen atoms in total. The lowest BCUT2D eigenvalue weighted by atomic mass is 9.98. The van der Waals surface area contributed by atoms with Crippen LogP contribution in [-0.4, -0.2) is 18.0 Å². The van der Waals surface area contributed by atoms with Gasteiger partial charge in [-0.15, -0.1) is 0 Å². The van der Waals surface area contributed by atoms with E-state index in [1.807, 2.05) is 0 Å². The average Bonchev–Trinajstić information content (AvgIpc) is 2.00. The van der Waals surface area contributed by atoms with E-state index in [0.29, 0.717) is 6.08 Å². The molecule has 0 bridgehead atoms. The molecule has 15 heavy (non-hydrogen) atoms. The van der Waals surface area contributed by atoms with Crippen LogP contribution in [0.25, 0.3) is 0 Å². The Bertz CT molecular complexity index is 208. The molecular formula is C7H6F8. The minimum absolute atomic E-state index is 0.243. The number of rotatable bonds is 3. The fourth-order valence-corrected chi connectivity index (χ4v) is 0.789. The number of hydrogen-bond acceptors (Lipinski definition) is 0. The van der Waals surface area contributed by atoms with E-state index in [9.17, 15) is 35.1 Å². The smallest absolute Gasteiger partial charge is 0.224 e. The van der Waals surface area contributed by atoms with Crippen LogP contribution in [-0.2, 0) is 0 Å². The second-order valence-corrected chi connectivity index (χ2v) is 2.70. The van der Waals surface area contributed by atoms with Gasteiger partial charge in [-0.25, -0.2) is 8.78 Å². The average molecular weight is 242 g/mol. The first-order valence-corrected chi connectivity index (χ1v) is 3.64. The summed E-state index contributed by atoms with van der Waals surface area (Å²) in [5.74, 6) is 0. The molecule has 0 aliphatic heterocycles. The van der Waals surface area contributed by atoms with E-state index in [0.717, 1.165) is 0 Å². The fraction of sp³-hybridized carbons (Fsp3) is 0.714. The molecule has 0 atom stereocenters. The van der Waals surface area contributed by atoms with Crippen molar-refractivity contribution >= 4 is 0 Å². The molecule has 0 amide bonds. The Labute approximate surface area is 79.6 Å². The third kappa shape index (κ3) is 3.07. The first kappa shape index (κ1) is 14.2. The molecule has 0 saturated carbocycles. The van der Waals surface area contributed by atoms with E-state index in [1.54, 1.807) is 0 Å². The third-order valence-corrected chi connectivity index (χ3v) is 1.64. The van der Waals surface area contributed by atoms with Gasteiger partial charge in [-0.1, -0.05) is 6.08 Å². The van der Waals surface area contributed by atoms with Crippen molar-refractivity contribution in [2.75, 3.05) is 0 Å². The van der Waals surface area contributed by atoms with Gasteiger partial charge in [0, 0.05) is 6.42 Å². The van der Waals surface area contributed by atoms with Gasteiger partial charge in [0.05, 0.1) is 6.33 Å². The second kappa shape index (κ2) is 4.36. The third-order valence-electron chi connectivity index (χ3n) is 1.64. The number of alkyl halides is 7. The van der Waals surface area contributed by atoms with Crippen molar-refractivity contribution in [3.63, 3.8) is 0 Å². The van der Waals surface area contributed by atoms with Gasteiger partial charge in [0.15, 0.2) is 0 Å². The van der Waals surface area contributed by atoms with Crippen LogP contribution >= 0.6 is 0 Å². The van der Waals surface area contributed by atoms with Crippen LogP contribution in [0.4, 0.5) is 35.1 Å².